The van der Waals surface area contributed by atoms with E-state index in [1.807, 2.05) is 0 Å². The average molecular weight is 236 g/mol. The van der Waals surface area contributed by atoms with E-state index in [4.69, 9.17) is 28.3 Å². The molecule has 1 aromatic rings. The van der Waals surface area contributed by atoms with E-state index in [1.165, 1.54) is 0 Å². The summed E-state index contributed by atoms with van der Waals surface area (Å²) in [6, 6.07) is 0. The Balaban J connectivity index is 2.89. The number of amides is 1. The van der Waals surface area contributed by atoms with Crippen LogP contribution in [-0.2, 0) is 0 Å². The second-order valence-electron chi connectivity index (χ2n) is 2.31. The van der Waals surface area contributed by atoms with Crippen LogP contribution in [0.3, 0.4) is 0 Å². The van der Waals surface area contributed by atoms with Crippen LogP contribution in [0.5, 0.6) is 0 Å². The Hall–Kier alpha value is -0.910. The maximum absolute atomic E-state index is 11.4. The SMILES string of the molecule is O=C(NCCO)c1c(Cl)ncnc1Cl. The molecule has 1 amide bonds. The van der Waals surface area contributed by atoms with Gasteiger partial charge in [-0.2, -0.15) is 0 Å². The third-order valence-corrected chi connectivity index (χ3v) is 1.95. The van der Waals surface area contributed by atoms with Gasteiger partial charge in [-0.15, -0.1) is 0 Å². The van der Waals surface area contributed by atoms with E-state index in [2.05, 4.69) is 15.3 Å². The van der Waals surface area contributed by atoms with Crippen LogP contribution >= 0.6 is 23.2 Å². The van der Waals surface area contributed by atoms with Crippen LogP contribution in [0, 0.1) is 0 Å². The first-order valence-electron chi connectivity index (χ1n) is 3.72. The molecule has 0 atom stereocenters. The molecule has 0 aromatic carbocycles. The molecule has 7 heteroatoms. The maximum Gasteiger partial charge on any atom is 0.257 e. The molecule has 0 spiro atoms. The lowest BCUT2D eigenvalue weighted by molar-refractivity contribution is 0.0944. The molecule has 0 saturated heterocycles. The molecular formula is C7H7Cl2N3O2. The molecule has 5 nitrogen and oxygen atoms in total. The number of nitrogens with one attached hydrogen (secondary N) is 1. The summed E-state index contributed by atoms with van der Waals surface area (Å²) in [5.74, 6) is -0.505. The fraction of sp³-hybridized carbons (Fsp3) is 0.286. The first-order valence-corrected chi connectivity index (χ1v) is 4.47. The van der Waals surface area contributed by atoms with Crippen molar-refractivity contribution in [1.29, 1.82) is 0 Å². The predicted molar refractivity (Wildman–Crippen MR) is 51.5 cm³/mol. The minimum Gasteiger partial charge on any atom is -0.395 e. The summed E-state index contributed by atoms with van der Waals surface area (Å²) in [7, 11) is 0. The van der Waals surface area contributed by atoms with Gasteiger partial charge < -0.3 is 10.4 Å². The molecule has 1 heterocycles. The summed E-state index contributed by atoms with van der Waals surface area (Å²) in [5.41, 5.74) is 0.0179. The number of rotatable bonds is 3. The van der Waals surface area contributed by atoms with Crippen molar-refractivity contribution in [3.8, 4) is 0 Å². The first-order chi connectivity index (χ1) is 6.66. The van der Waals surface area contributed by atoms with Crippen molar-refractivity contribution in [2.75, 3.05) is 13.2 Å². The molecule has 0 aliphatic carbocycles. The summed E-state index contributed by atoms with van der Waals surface area (Å²) in [5, 5.41) is 10.9. The van der Waals surface area contributed by atoms with E-state index >= 15 is 0 Å². The van der Waals surface area contributed by atoms with Crippen LogP contribution in [0.4, 0.5) is 0 Å². The van der Waals surface area contributed by atoms with Gasteiger partial charge in [0.15, 0.2) is 0 Å². The first kappa shape index (κ1) is 11.2. The number of hydrogen-bond donors (Lipinski definition) is 2. The fourth-order valence-electron chi connectivity index (χ4n) is 0.790. The molecule has 14 heavy (non-hydrogen) atoms. The average Bonchev–Trinajstić information content (AvgIpc) is 2.14. The Morgan fingerprint density at radius 3 is 2.50 bits per heavy atom. The molecule has 2 N–H and O–H groups in total. The van der Waals surface area contributed by atoms with Crippen LogP contribution in [0.2, 0.25) is 10.3 Å². The number of halogens is 2. The van der Waals surface area contributed by atoms with Gasteiger partial charge in [0.1, 0.15) is 22.2 Å². The number of aliphatic hydroxyl groups is 1. The van der Waals surface area contributed by atoms with Gasteiger partial charge in [0.05, 0.1) is 6.61 Å². The molecule has 1 aromatic heterocycles. The second kappa shape index (κ2) is 5.09. The normalized spacial score (nSPS) is 9.93. The Labute approximate surface area is 90.1 Å². The Morgan fingerprint density at radius 1 is 1.43 bits per heavy atom. The summed E-state index contributed by atoms with van der Waals surface area (Å²) in [4.78, 5) is 18.6. The number of carbonyl (C=O) groups is 1. The summed E-state index contributed by atoms with van der Waals surface area (Å²) in [6.45, 7) is -0.0327. The minimum absolute atomic E-state index is 0.0135. The van der Waals surface area contributed by atoms with Gasteiger partial charge >= 0.3 is 0 Å². The van der Waals surface area contributed by atoms with Gasteiger partial charge in [-0.3, -0.25) is 4.79 Å². The molecule has 0 aliphatic heterocycles. The van der Waals surface area contributed by atoms with Crippen LogP contribution in [0.15, 0.2) is 6.33 Å². The Kier molecular flexibility index (Phi) is 4.06. The van der Waals surface area contributed by atoms with Crippen molar-refractivity contribution in [2.45, 2.75) is 0 Å². The zero-order valence-corrected chi connectivity index (χ0v) is 8.51. The lowest BCUT2D eigenvalue weighted by Crippen LogP contribution is -2.27. The predicted octanol–water partition coefficient (Wildman–Crippen LogP) is 0.506. The van der Waals surface area contributed by atoms with E-state index in [0.29, 0.717) is 0 Å². The van der Waals surface area contributed by atoms with Crippen molar-refractivity contribution >= 4 is 29.1 Å². The summed E-state index contributed by atoms with van der Waals surface area (Å²) in [6.07, 6.45) is 1.16. The molecule has 0 bridgehead atoms. The smallest absolute Gasteiger partial charge is 0.257 e. The van der Waals surface area contributed by atoms with Gasteiger partial charge in [0, 0.05) is 6.54 Å². The largest absolute Gasteiger partial charge is 0.395 e. The van der Waals surface area contributed by atoms with Gasteiger partial charge in [-0.05, 0) is 0 Å². The minimum atomic E-state index is -0.505. The quantitative estimate of drug-likeness (QED) is 0.749. The highest BCUT2D eigenvalue weighted by atomic mass is 35.5. The van der Waals surface area contributed by atoms with Crippen molar-refractivity contribution in [3.05, 3.63) is 22.2 Å². The fourth-order valence-corrected chi connectivity index (χ4v) is 1.28. The molecule has 0 radical (unpaired) electrons. The van der Waals surface area contributed by atoms with Crippen molar-refractivity contribution in [3.63, 3.8) is 0 Å². The highest BCUT2D eigenvalue weighted by Crippen LogP contribution is 2.18. The van der Waals surface area contributed by atoms with Crippen LogP contribution in [0.25, 0.3) is 0 Å². The number of aromatic nitrogens is 2. The van der Waals surface area contributed by atoms with Crippen LogP contribution in [0.1, 0.15) is 10.4 Å². The van der Waals surface area contributed by atoms with Crippen LogP contribution in [-0.4, -0.2) is 34.1 Å². The highest BCUT2D eigenvalue weighted by molar-refractivity contribution is 6.38. The van der Waals surface area contributed by atoms with Crippen molar-refractivity contribution in [1.82, 2.24) is 15.3 Å². The number of hydrogen-bond acceptors (Lipinski definition) is 4. The van der Waals surface area contributed by atoms with E-state index in [0.717, 1.165) is 6.33 Å². The molecule has 1 rings (SSSR count). The molecule has 76 valence electrons. The van der Waals surface area contributed by atoms with E-state index in [9.17, 15) is 4.79 Å². The molecule has 0 aliphatic rings. The van der Waals surface area contributed by atoms with Crippen molar-refractivity contribution in [2.24, 2.45) is 0 Å². The van der Waals surface area contributed by atoms with E-state index in [-0.39, 0.29) is 29.0 Å². The standard InChI is InChI=1S/C7H7Cl2N3O2/c8-5-4(6(9)12-3-11-5)7(14)10-1-2-13/h3,13H,1-2H2,(H,10,14). The summed E-state index contributed by atoms with van der Waals surface area (Å²) < 4.78 is 0. The van der Waals surface area contributed by atoms with Crippen LogP contribution < -0.4 is 5.32 Å². The molecule has 0 saturated carbocycles. The van der Waals surface area contributed by atoms with Crippen molar-refractivity contribution < 1.29 is 9.90 Å². The van der Waals surface area contributed by atoms with Gasteiger partial charge in [-0.25, -0.2) is 9.97 Å². The van der Waals surface area contributed by atoms with Gasteiger partial charge in [0.2, 0.25) is 0 Å². The topological polar surface area (TPSA) is 75.1 Å². The number of aliphatic hydroxyl groups excluding tert-OH is 1. The molecule has 0 unspecified atom stereocenters. The lowest BCUT2D eigenvalue weighted by atomic mass is 10.3. The zero-order chi connectivity index (χ0) is 10.6. The second-order valence-corrected chi connectivity index (χ2v) is 3.03. The number of carbonyl (C=O) groups excluding carboxylic acids is 1. The monoisotopic (exact) mass is 235 g/mol. The highest BCUT2D eigenvalue weighted by Gasteiger charge is 2.15. The lowest BCUT2D eigenvalue weighted by Gasteiger charge is -2.04. The zero-order valence-electron chi connectivity index (χ0n) is 7.00. The third kappa shape index (κ3) is 2.54. The van der Waals surface area contributed by atoms with Gasteiger partial charge in [0.25, 0.3) is 5.91 Å². The summed E-state index contributed by atoms with van der Waals surface area (Å²) >= 11 is 11.3. The Bertz CT molecular complexity index is 325. The Morgan fingerprint density at radius 2 is 2.00 bits per heavy atom. The maximum atomic E-state index is 11.4. The van der Waals surface area contributed by atoms with E-state index in [1.54, 1.807) is 0 Å². The molecule has 0 fully saturated rings. The van der Waals surface area contributed by atoms with Gasteiger partial charge in [-0.1, -0.05) is 23.2 Å². The third-order valence-electron chi connectivity index (χ3n) is 1.38. The number of nitrogens with zero attached hydrogens (tertiary/aromatic N) is 2. The molecular weight excluding hydrogens is 229 g/mol. The van der Waals surface area contributed by atoms with E-state index < -0.39 is 5.91 Å².